The summed E-state index contributed by atoms with van der Waals surface area (Å²) in [5, 5.41) is 7.86. The highest BCUT2D eigenvalue weighted by Crippen LogP contribution is 2.32. The van der Waals surface area contributed by atoms with Gasteiger partial charge >= 0.3 is 5.97 Å². The number of methoxy groups -OCH3 is 1. The number of hydrogen-bond donors (Lipinski definition) is 1. The molecular formula is C19H17FN2O3. The lowest BCUT2D eigenvalue weighted by Crippen LogP contribution is -2.07. The summed E-state index contributed by atoms with van der Waals surface area (Å²) >= 11 is 0. The van der Waals surface area contributed by atoms with Crippen molar-refractivity contribution in [3.8, 4) is 5.75 Å². The van der Waals surface area contributed by atoms with Crippen LogP contribution in [0.2, 0.25) is 0 Å². The van der Waals surface area contributed by atoms with Crippen molar-refractivity contribution >= 4 is 29.0 Å². The van der Waals surface area contributed by atoms with E-state index in [1.165, 1.54) is 19.2 Å². The average molecular weight is 340 g/mol. The van der Waals surface area contributed by atoms with Crippen LogP contribution >= 0.6 is 0 Å². The van der Waals surface area contributed by atoms with Crippen LogP contribution in [0.5, 0.6) is 5.75 Å². The highest BCUT2D eigenvalue weighted by molar-refractivity contribution is 6.03. The minimum Gasteiger partial charge on any atom is -0.495 e. The Kier molecular flexibility index (Phi) is 4.79. The van der Waals surface area contributed by atoms with Crippen LogP contribution < -0.4 is 4.74 Å². The molecule has 0 atom stereocenters. The molecule has 0 saturated carbocycles. The van der Waals surface area contributed by atoms with E-state index in [1.54, 1.807) is 37.3 Å². The van der Waals surface area contributed by atoms with Gasteiger partial charge in [-0.25, -0.2) is 9.18 Å². The van der Waals surface area contributed by atoms with Crippen molar-refractivity contribution in [3.05, 3.63) is 59.0 Å². The second-order valence-corrected chi connectivity index (χ2v) is 5.28. The van der Waals surface area contributed by atoms with Crippen LogP contribution in [0.15, 0.2) is 36.4 Å². The zero-order valence-electron chi connectivity index (χ0n) is 13.9. The maximum absolute atomic E-state index is 13.0. The van der Waals surface area contributed by atoms with E-state index in [0.29, 0.717) is 22.4 Å². The van der Waals surface area contributed by atoms with Crippen molar-refractivity contribution in [1.82, 2.24) is 10.2 Å². The molecule has 0 aliphatic rings. The zero-order valence-corrected chi connectivity index (χ0v) is 13.9. The van der Waals surface area contributed by atoms with E-state index in [-0.39, 0.29) is 12.4 Å². The van der Waals surface area contributed by atoms with Crippen LogP contribution in [0, 0.1) is 5.82 Å². The van der Waals surface area contributed by atoms with Crippen LogP contribution in [-0.2, 0) is 4.74 Å². The van der Waals surface area contributed by atoms with Crippen molar-refractivity contribution in [2.24, 2.45) is 0 Å². The highest BCUT2D eigenvalue weighted by Gasteiger charge is 2.19. The van der Waals surface area contributed by atoms with Crippen molar-refractivity contribution in [3.63, 3.8) is 0 Å². The summed E-state index contributed by atoms with van der Waals surface area (Å²) in [6, 6.07) is 9.52. The van der Waals surface area contributed by atoms with Gasteiger partial charge in [0.15, 0.2) is 0 Å². The fourth-order valence-corrected chi connectivity index (χ4v) is 2.56. The van der Waals surface area contributed by atoms with Gasteiger partial charge in [0.25, 0.3) is 0 Å². The Morgan fingerprint density at radius 1 is 1.20 bits per heavy atom. The van der Waals surface area contributed by atoms with Gasteiger partial charge in [0.2, 0.25) is 0 Å². The van der Waals surface area contributed by atoms with Crippen LogP contribution in [0.1, 0.15) is 28.5 Å². The summed E-state index contributed by atoms with van der Waals surface area (Å²) in [5.41, 5.74) is 2.53. The first-order chi connectivity index (χ1) is 12.1. The van der Waals surface area contributed by atoms with Crippen molar-refractivity contribution in [1.29, 1.82) is 0 Å². The molecule has 3 rings (SSSR count). The van der Waals surface area contributed by atoms with Gasteiger partial charge in [-0.05, 0) is 42.8 Å². The molecule has 0 aliphatic carbocycles. The first kappa shape index (κ1) is 16.7. The average Bonchev–Trinajstić information content (AvgIpc) is 3.04. The third kappa shape index (κ3) is 3.38. The molecule has 0 spiro atoms. The van der Waals surface area contributed by atoms with Crippen LogP contribution in [0.4, 0.5) is 4.39 Å². The second-order valence-electron chi connectivity index (χ2n) is 5.28. The van der Waals surface area contributed by atoms with E-state index in [4.69, 9.17) is 9.47 Å². The third-order valence-electron chi connectivity index (χ3n) is 3.71. The lowest BCUT2D eigenvalue weighted by atomic mass is 10.1. The van der Waals surface area contributed by atoms with E-state index in [2.05, 4.69) is 10.2 Å². The van der Waals surface area contributed by atoms with E-state index in [9.17, 15) is 9.18 Å². The summed E-state index contributed by atoms with van der Waals surface area (Å²) in [5.74, 6) is -0.331. The normalized spacial score (nSPS) is 11.2. The SMILES string of the molecule is CCOC(=O)c1ccc2[nH]nc(/C=C/c3ccc(F)cc3)c2c1OC. The Balaban J connectivity index is 2.05. The van der Waals surface area contributed by atoms with Crippen molar-refractivity contribution < 1.29 is 18.7 Å². The van der Waals surface area contributed by atoms with Gasteiger partial charge in [-0.2, -0.15) is 5.10 Å². The van der Waals surface area contributed by atoms with Gasteiger partial charge in [0.05, 0.1) is 30.3 Å². The number of esters is 1. The standard InChI is InChI=1S/C19H17FN2O3/c1-3-25-19(23)14-9-11-16-17(18(14)24-2)15(21-22-16)10-6-12-4-7-13(20)8-5-12/h4-11H,3H2,1-2H3,(H,21,22)/b10-6+. The number of nitrogens with one attached hydrogen (secondary N) is 1. The number of ether oxygens (including phenoxy) is 2. The van der Waals surface area contributed by atoms with Crippen LogP contribution in [0.3, 0.4) is 0 Å². The number of aromatic amines is 1. The number of fused-ring (bicyclic) bond motifs is 1. The molecule has 1 aromatic heterocycles. The quantitative estimate of drug-likeness (QED) is 0.712. The largest absolute Gasteiger partial charge is 0.495 e. The van der Waals surface area contributed by atoms with E-state index >= 15 is 0 Å². The minimum atomic E-state index is -0.448. The Hall–Kier alpha value is -3.15. The predicted molar refractivity (Wildman–Crippen MR) is 93.9 cm³/mol. The lowest BCUT2D eigenvalue weighted by molar-refractivity contribution is 0.0523. The number of halogens is 1. The fraction of sp³-hybridized carbons (Fsp3) is 0.158. The monoisotopic (exact) mass is 340 g/mol. The Morgan fingerprint density at radius 2 is 1.96 bits per heavy atom. The lowest BCUT2D eigenvalue weighted by Gasteiger charge is -2.09. The van der Waals surface area contributed by atoms with Gasteiger partial charge in [-0.3, -0.25) is 5.10 Å². The molecule has 128 valence electrons. The molecule has 0 saturated heterocycles. The molecule has 0 fully saturated rings. The number of carbonyl (C=O) groups is 1. The first-order valence-corrected chi connectivity index (χ1v) is 7.80. The Labute approximate surface area is 144 Å². The van der Waals surface area contributed by atoms with Crippen molar-refractivity contribution in [2.75, 3.05) is 13.7 Å². The number of rotatable bonds is 5. The number of hydrogen-bond acceptors (Lipinski definition) is 4. The van der Waals surface area contributed by atoms with E-state index < -0.39 is 5.97 Å². The second kappa shape index (κ2) is 7.17. The van der Waals surface area contributed by atoms with E-state index in [1.807, 2.05) is 6.08 Å². The molecule has 3 aromatic rings. The zero-order chi connectivity index (χ0) is 17.8. The molecule has 25 heavy (non-hydrogen) atoms. The molecule has 0 radical (unpaired) electrons. The number of nitrogens with zero attached hydrogens (tertiary/aromatic N) is 1. The summed E-state index contributed by atoms with van der Waals surface area (Å²) in [7, 11) is 1.50. The van der Waals surface area contributed by atoms with Crippen LogP contribution in [-0.4, -0.2) is 29.9 Å². The van der Waals surface area contributed by atoms with Gasteiger partial charge < -0.3 is 9.47 Å². The predicted octanol–water partition coefficient (Wildman–Crippen LogP) is 4.06. The number of H-pyrrole nitrogens is 1. The molecule has 0 unspecified atom stereocenters. The molecule has 1 heterocycles. The van der Waals surface area contributed by atoms with Gasteiger partial charge in [-0.15, -0.1) is 0 Å². The highest BCUT2D eigenvalue weighted by atomic mass is 19.1. The maximum Gasteiger partial charge on any atom is 0.341 e. The molecular weight excluding hydrogens is 323 g/mol. The fourth-order valence-electron chi connectivity index (χ4n) is 2.56. The maximum atomic E-state index is 13.0. The van der Waals surface area contributed by atoms with E-state index in [0.717, 1.165) is 11.1 Å². The van der Waals surface area contributed by atoms with Gasteiger partial charge in [-0.1, -0.05) is 18.2 Å². The smallest absolute Gasteiger partial charge is 0.341 e. The molecule has 1 N–H and O–H groups in total. The minimum absolute atomic E-state index is 0.280. The van der Waals surface area contributed by atoms with Crippen LogP contribution in [0.25, 0.3) is 23.1 Å². The van der Waals surface area contributed by atoms with Gasteiger partial charge in [0, 0.05) is 0 Å². The number of carbonyl (C=O) groups excluding carboxylic acids is 1. The molecule has 0 amide bonds. The third-order valence-corrected chi connectivity index (χ3v) is 3.71. The molecule has 0 bridgehead atoms. The van der Waals surface area contributed by atoms with Crippen molar-refractivity contribution in [2.45, 2.75) is 6.92 Å². The number of aromatic nitrogens is 2. The Bertz CT molecular complexity index is 930. The number of benzene rings is 2. The summed E-state index contributed by atoms with van der Waals surface area (Å²) < 4.78 is 23.5. The molecule has 5 nitrogen and oxygen atoms in total. The summed E-state index contributed by atoms with van der Waals surface area (Å²) in [6.45, 7) is 2.03. The van der Waals surface area contributed by atoms with Gasteiger partial charge in [0.1, 0.15) is 17.1 Å². The summed E-state index contributed by atoms with van der Waals surface area (Å²) in [6.07, 6.45) is 3.59. The molecule has 6 heteroatoms. The molecule has 0 aliphatic heterocycles. The Morgan fingerprint density at radius 3 is 2.64 bits per heavy atom. The topological polar surface area (TPSA) is 64.2 Å². The summed E-state index contributed by atoms with van der Waals surface area (Å²) in [4.78, 5) is 12.1. The molecule has 2 aromatic carbocycles. The first-order valence-electron chi connectivity index (χ1n) is 7.80.